The molecule has 0 saturated heterocycles. The Balaban J connectivity index is 2.08. The van der Waals surface area contributed by atoms with E-state index < -0.39 is 0 Å². The number of aryl methyl sites for hydroxylation is 1. The molecule has 1 heterocycles. The van der Waals surface area contributed by atoms with E-state index in [4.69, 9.17) is 0 Å². The zero-order valence-electron chi connectivity index (χ0n) is 12.1. The highest BCUT2D eigenvalue weighted by molar-refractivity contribution is 9.10. The highest BCUT2D eigenvalue weighted by atomic mass is 79.9. The van der Waals surface area contributed by atoms with Crippen LogP contribution in [0.15, 0.2) is 28.2 Å². The number of aromatic nitrogens is 1. The van der Waals surface area contributed by atoms with Gasteiger partial charge in [-0.05, 0) is 31.2 Å². The SMILES string of the molecule is CCNCc1ccc(N(C)Cc2scnc2C)cc1Br. The Labute approximate surface area is 133 Å². The molecule has 3 nitrogen and oxygen atoms in total. The third-order valence-corrected chi connectivity index (χ3v) is 4.93. The fourth-order valence-electron chi connectivity index (χ4n) is 1.96. The molecule has 0 spiro atoms. The molecule has 0 amide bonds. The van der Waals surface area contributed by atoms with Gasteiger partial charge in [0.1, 0.15) is 0 Å². The number of hydrogen-bond donors (Lipinski definition) is 1. The summed E-state index contributed by atoms with van der Waals surface area (Å²) in [5.74, 6) is 0. The minimum atomic E-state index is 0.898. The van der Waals surface area contributed by atoms with Crippen LogP contribution in [-0.2, 0) is 13.1 Å². The first kappa shape index (κ1) is 15.5. The number of anilines is 1. The van der Waals surface area contributed by atoms with Crippen LogP contribution in [-0.4, -0.2) is 18.6 Å². The van der Waals surface area contributed by atoms with Crippen molar-refractivity contribution in [1.29, 1.82) is 0 Å². The molecule has 0 bridgehead atoms. The lowest BCUT2D eigenvalue weighted by molar-refractivity contribution is 0.724. The van der Waals surface area contributed by atoms with Crippen LogP contribution in [0.5, 0.6) is 0 Å². The quantitative estimate of drug-likeness (QED) is 0.851. The van der Waals surface area contributed by atoms with Crippen molar-refractivity contribution < 1.29 is 0 Å². The van der Waals surface area contributed by atoms with Crippen LogP contribution >= 0.6 is 27.3 Å². The van der Waals surface area contributed by atoms with Gasteiger partial charge in [0.25, 0.3) is 0 Å². The first-order valence-electron chi connectivity index (χ1n) is 6.71. The van der Waals surface area contributed by atoms with E-state index in [-0.39, 0.29) is 0 Å². The lowest BCUT2D eigenvalue weighted by atomic mass is 10.2. The maximum Gasteiger partial charge on any atom is 0.0798 e. The maximum atomic E-state index is 4.30. The van der Waals surface area contributed by atoms with Crippen molar-refractivity contribution >= 4 is 33.0 Å². The fraction of sp³-hybridized carbons (Fsp3) is 0.400. The van der Waals surface area contributed by atoms with Gasteiger partial charge in [-0.2, -0.15) is 0 Å². The minimum absolute atomic E-state index is 0.898. The Bertz CT molecular complexity index is 568. The normalized spacial score (nSPS) is 10.8. The van der Waals surface area contributed by atoms with Crippen molar-refractivity contribution in [3.8, 4) is 0 Å². The molecule has 2 aromatic rings. The Morgan fingerprint density at radius 3 is 2.80 bits per heavy atom. The molecular formula is C15H20BrN3S. The van der Waals surface area contributed by atoms with Crippen LogP contribution in [0.2, 0.25) is 0 Å². The van der Waals surface area contributed by atoms with E-state index in [1.54, 1.807) is 11.3 Å². The summed E-state index contributed by atoms with van der Waals surface area (Å²) in [5.41, 5.74) is 5.54. The van der Waals surface area contributed by atoms with Gasteiger partial charge in [-0.1, -0.05) is 28.9 Å². The number of nitrogens with zero attached hydrogens (tertiary/aromatic N) is 2. The number of hydrogen-bond acceptors (Lipinski definition) is 4. The topological polar surface area (TPSA) is 28.2 Å². The summed E-state index contributed by atoms with van der Waals surface area (Å²) in [6.45, 7) is 6.96. The standard InChI is InChI=1S/C15H20BrN3S/c1-4-17-8-12-5-6-13(7-14(12)16)19(3)9-15-11(2)18-10-20-15/h5-7,10,17H,4,8-9H2,1-3H3. The van der Waals surface area contributed by atoms with E-state index in [9.17, 15) is 0 Å². The second kappa shape index (κ2) is 7.20. The van der Waals surface area contributed by atoms with E-state index in [1.165, 1.54) is 16.1 Å². The van der Waals surface area contributed by atoms with Gasteiger partial charge < -0.3 is 10.2 Å². The van der Waals surface area contributed by atoms with Gasteiger partial charge in [-0.3, -0.25) is 0 Å². The van der Waals surface area contributed by atoms with Crippen molar-refractivity contribution in [2.24, 2.45) is 0 Å². The largest absolute Gasteiger partial charge is 0.369 e. The van der Waals surface area contributed by atoms with Crippen LogP contribution in [0.4, 0.5) is 5.69 Å². The number of thiazole rings is 1. The minimum Gasteiger partial charge on any atom is -0.369 e. The summed E-state index contributed by atoms with van der Waals surface area (Å²) in [6, 6.07) is 6.54. The zero-order valence-corrected chi connectivity index (χ0v) is 14.5. The molecule has 108 valence electrons. The predicted molar refractivity (Wildman–Crippen MR) is 90.5 cm³/mol. The number of rotatable bonds is 6. The third-order valence-electron chi connectivity index (χ3n) is 3.27. The van der Waals surface area contributed by atoms with E-state index in [0.29, 0.717) is 0 Å². The van der Waals surface area contributed by atoms with Gasteiger partial charge in [0.2, 0.25) is 0 Å². The lowest BCUT2D eigenvalue weighted by Gasteiger charge is -2.20. The van der Waals surface area contributed by atoms with Crippen molar-refractivity contribution in [3.63, 3.8) is 0 Å². The second-order valence-electron chi connectivity index (χ2n) is 4.77. The molecule has 5 heteroatoms. The number of halogens is 1. The van der Waals surface area contributed by atoms with Gasteiger partial charge >= 0.3 is 0 Å². The molecule has 0 fully saturated rings. The number of benzene rings is 1. The summed E-state index contributed by atoms with van der Waals surface area (Å²) in [5, 5.41) is 3.35. The summed E-state index contributed by atoms with van der Waals surface area (Å²) in [7, 11) is 2.12. The Kier molecular flexibility index (Phi) is 5.57. The molecule has 1 aromatic heterocycles. The molecule has 0 saturated carbocycles. The molecule has 0 radical (unpaired) electrons. The Hall–Kier alpha value is -0.910. The Morgan fingerprint density at radius 1 is 1.40 bits per heavy atom. The molecular weight excluding hydrogens is 334 g/mol. The second-order valence-corrected chi connectivity index (χ2v) is 6.57. The van der Waals surface area contributed by atoms with Crippen LogP contribution in [0.25, 0.3) is 0 Å². The van der Waals surface area contributed by atoms with Gasteiger partial charge in [-0.15, -0.1) is 11.3 Å². The van der Waals surface area contributed by atoms with E-state index in [2.05, 4.69) is 70.2 Å². The Morgan fingerprint density at radius 2 is 2.20 bits per heavy atom. The van der Waals surface area contributed by atoms with Crippen LogP contribution < -0.4 is 10.2 Å². The van der Waals surface area contributed by atoms with E-state index in [0.717, 1.165) is 29.8 Å². The lowest BCUT2D eigenvalue weighted by Crippen LogP contribution is -2.17. The fourth-order valence-corrected chi connectivity index (χ4v) is 3.30. The summed E-state index contributed by atoms with van der Waals surface area (Å²) >= 11 is 5.38. The van der Waals surface area contributed by atoms with Gasteiger partial charge in [-0.25, -0.2) is 4.98 Å². The van der Waals surface area contributed by atoms with Crippen LogP contribution in [0.1, 0.15) is 23.1 Å². The summed E-state index contributed by atoms with van der Waals surface area (Å²) in [6.07, 6.45) is 0. The average Bonchev–Trinajstić information content (AvgIpc) is 2.83. The zero-order chi connectivity index (χ0) is 14.5. The van der Waals surface area contributed by atoms with E-state index >= 15 is 0 Å². The summed E-state index contributed by atoms with van der Waals surface area (Å²) < 4.78 is 1.16. The first-order chi connectivity index (χ1) is 9.61. The smallest absolute Gasteiger partial charge is 0.0798 e. The van der Waals surface area contributed by atoms with Gasteiger partial charge in [0.05, 0.1) is 17.7 Å². The molecule has 1 aromatic carbocycles. The molecule has 0 aliphatic rings. The summed E-state index contributed by atoms with van der Waals surface area (Å²) in [4.78, 5) is 7.88. The molecule has 0 aliphatic heterocycles. The molecule has 1 N–H and O–H groups in total. The monoisotopic (exact) mass is 353 g/mol. The van der Waals surface area contributed by atoms with Crippen molar-refractivity contribution in [3.05, 3.63) is 44.3 Å². The molecule has 0 aliphatic carbocycles. The maximum absolute atomic E-state index is 4.30. The molecule has 0 unspecified atom stereocenters. The van der Waals surface area contributed by atoms with Crippen LogP contribution in [0.3, 0.4) is 0 Å². The first-order valence-corrected chi connectivity index (χ1v) is 8.38. The molecule has 0 atom stereocenters. The predicted octanol–water partition coefficient (Wildman–Crippen LogP) is 3.96. The highest BCUT2D eigenvalue weighted by Gasteiger charge is 2.08. The molecule has 2 rings (SSSR count). The van der Waals surface area contributed by atoms with Crippen molar-refractivity contribution in [2.45, 2.75) is 26.9 Å². The van der Waals surface area contributed by atoms with Gasteiger partial charge in [0.15, 0.2) is 0 Å². The third kappa shape index (κ3) is 3.81. The average molecular weight is 354 g/mol. The highest BCUT2D eigenvalue weighted by Crippen LogP contribution is 2.25. The van der Waals surface area contributed by atoms with Crippen LogP contribution in [0, 0.1) is 6.92 Å². The van der Waals surface area contributed by atoms with Gasteiger partial charge in [0, 0.05) is 28.6 Å². The molecule has 20 heavy (non-hydrogen) atoms. The van der Waals surface area contributed by atoms with E-state index in [1.807, 2.05) is 5.51 Å². The van der Waals surface area contributed by atoms with Crippen molar-refractivity contribution in [1.82, 2.24) is 10.3 Å². The van der Waals surface area contributed by atoms with Crippen molar-refractivity contribution in [2.75, 3.05) is 18.5 Å². The number of nitrogens with one attached hydrogen (secondary N) is 1.